The highest BCUT2D eigenvalue weighted by molar-refractivity contribution is 5.82. The van der Waals surface area contributed by atoms with Gasteiger partial charge in [0.25, 0.3) is 0 Å². The Kier molecular flexibility index (Phi) is 6.77. The van der Waals surface area contributed by atoms with E-state index in [1.807, 2.05) is 0 Å². The van der Waals surface area contributed by atoms with Gasteiger partial charge < -0.3 is 25.4 Å². The molecule has 1 heterocycles. The monoisotopic (exact) mass is 301 g/mol. The number of nitrogens with one attached hydrogen (secondary N) is 2. The molecule has 1 atom stereocenters. The van der Waals surface area contributed by atoms with Crippen molar-refractivity contribution in [2.24, 2.45) is 0 Å². The first-order chi connectivity index (χ1) is 9.97. The van der Waals surface area contributed by atoms with E-state index in [0.717, 1.165) is 0 Å². The summed E-state index contributed by atoms with van der Waals surface area (Å²) in [6.07, 6.45) is 1.23. The SMILES string of the molecule is CCOC(=O)N1CCC(NC(=O)N[C@H](CC)C(=O)O)CC1. The summed E-state index contributed by atoms with van der Waals surface area (Å²) in [5.74, 6) is -1.05. The van der Waals surface area contributed by atoms with Crippen molar-refractivity contribution in [3.05, 3.63) is 0 Å². The lowest BCUT2D eigenvalue weighted by atomic mass is 10.1. The van der Waals surface area contributed by atoms with Crippen molar-refractivity contribution in [2.75, 3.05) is 19.7 Å². The Morgan fingerprint density at radius 2 is 1.90 bits per heavy atom. The lowest BCUT2D eigenvalue weighted by molar-refractivity contribution is -0.139. The van der Waals surface area contributed by atoms with Crippen molar-refractivity contribution in [3.8, 4) is 0 Å². The molecular formula is C13H23N3O5. The zero-order chi connectivity index (χ0) is 15.8. The Balaban J connectivity index is 2.33. The van der Waals surface area contributed by atoms with Crippen LogP contribution in [0.15, 0.2) is 0 Å². The number of rotatable bonds is 5. The molecule has 0 aliphatic carbocycles. The summed E-state index contributed by atoms with van der Waals surface area (Å²) in [5.41, 5.74) is 0. The smallest absolute Gasteiger partial charge is 0.409 e. The van der Waals surface area contributed by atoms with Crippen LogP contribution < -0.4 is 10.6 Å². The summed E-state index contributed by atoms with van der Waals surface area (Å²) in [5, 5.41) is 14.0. The van der Waals surface area contributed by atoms with Gasteiger partial charge in [-0.2, -0.15) is 0 Å². The van der Waals surface area contributed by atoms with Gasteiger partial charge in [0, 0.05) is 19.1 Å². The molecule has 1 saturated heterocycles. The van der Waals surface area contributed by atoms with E-state index in [9.17, 15) is 14.4 Å². The molecule has 0 aromatic carbocycles. The molecule has 0 radical (unpaired) electrons. The molecule has 8 heteroatoms. The van der Waals surface area contributed by atoms with Crippen molar-refractivity contribution in [3.63, 3.8) is 0 Å². The Morgan fingerprint density at radius 1 is 1.29 bits per heavy atom. The number of carboxylic acids is 1. The highest BCUT2D eigenvalue weighted by Crippen LogP contribution is 2.11. The van der Waals surface area contributed by atoms with Crippen LogP contribution in [-0.4, -0.2) is 59.9 Å². The van der Waals surface area contributed by atoms with Crippen molar-refractivity contribution in [2.45, 2.75) is 45.2 Å². The minimum atomic E-state index is -1.05. The second-order valence-electron chi connectivity index (χ2n) is 4.88. The van der Waals surface area contributed by atoms with E-state index in [4.69, 9.17) is 9.84 Å². The van der Waals surface area contributed by atoms with E-state index < -0.39 is 18.0 Å². The summed E-state index contributed by atoms with van der Waals surface area (Å²) in [6.45, 7) is 4.81. The van der Waals surface area contributed by atoms with Gasteiger partial charge in [-0.3, -0.25) is 0 Å². The molecule has 3 N–H and O–H groups in total. The third-order valence-corrected chi connectivity index (χ3v) is 3.37. The maximum absolute atomic E-state index is 11.7. The first-order valence-electron chi connectivity index (χ1n) is 7.19. The molecule has 120 valence electrons. The molecule has 1 rings (SSSR count). The lowest BCUT2D eigenvalue weighted by Crippen LogP contribution is -2.52. The number of amides is 3. The number of carboxylic acid groups (broad SMARTS) is 1. The fourth-order valence-corrected chi connectivity index (χ4v) is 2.14. The summed E-state index contributed by atoms with van der Waals surface area (Å²) >= 11 is 0. The number of hydrogen-bond donors (Lipinski definition) is 3. The predicted octanol–water partition coefficient (Wildman–Crippen LogP) is 0.770. The topological polar surface area (TPSA) is 108 Å². The molecule has 3 amide bonds. The number of likely N-dealkylation sites (tertiary alicyclic amines) is 1. The zero-order valence-electron chi connectivity index (χ0n) is 12.4. The van der Waals surface area contributed by atoms with Crippen LogP contribution in [-0.2, 0) is 9.53 Å². The summed E-state index contributed by atoms with van der Waals surface area (Å²) in [7, 11) is 0. The van der Waals surface area contributed by atoms with E-state index in [2.05, 4.69) is 10.6 Å². The minimum Gasteiger partial charge on any atom is -0.480 e. The molecule has 0 aromatic rings. The molecule has 1 fully saturated rings. The average Bonchev–Trinajstić information content (AvgIpc) is 2.45. The maximum atomic E-state index is 11.7. The molecule has 0 saturated carbocycles. The van der Waals surface area contributed by atoms with Crippen LogP contribution >= 0.6 is 0 Å². The fraction of sp³-hybridized carbons (Fsp3) is 0.769. The van der Waals surface area contributed by atoms with E-state index in [0.29, 0.717) is 39.0 Å². The largest absolute Gasteiger partial charge is 0.480 e. The number of carbonyl (C=O) groups is 3. The number of aliphatic carboxylic acids is 1. The van der Waals surface area contributed by atoms with Gasteiger partial charge in [-0.15, -0.1) is 0 Å². The van der Waals surface area contributed by atoms with Gasteiger partial charge in [-0.25, -0.2) is 14.4 Å². The molecule has 0 aromatic heterocycles. The van der Waals surface area contributed by atoms with Crippen LogP contribution in [0.1, 0.15) is 33.1 Å². The predicted molar refractivity (Wildman–Crippen MR) is 75.0 cm³/mol. The highest BCUT2D eigenvalue weighted by atomic mass is 16.6. The van der Waals surface area contributed by atoms with Crippen LogP contribution in [0.4, 0.5) is 9.59 Å². The van der Waals surface area contributed by atoms with Gasteiger partial charge in [-0.1, -0.05) is 6.92 Å². The van der Waals surface area contributed by atoms with Crippen LogP contribution in [0.3, 0.4) is 0 Å². The first kappa shape index (κ1) is 17.1. The summed E-state index contributed by atoms with van der Waals surface area (Å²) < 4.78 is 4.91. The van der Waals surface area contributed by atoms with Crippen molar-refractivity contribution in [1.29, 1.82) is 0 Å². The molecule has 0 bridgehead atoms. The van der Waals surface area contributed by atoms with E-state index in [-0.39, 0.29) is 12.1 Å². The van der Waals surface area contributed by atoms with Crippen LogP contribution in [0.2, 0.25) is 0 Å². The lowest BCUT2D eigenvalue weighted by Gasteiger charge is -2.31. The number of carbonyl (C=O) groups excluding carboxylic acids is 2. The average molecular weight is 301 g/mol. The van der Waals surface area contributed by atoms with E-state index in [1.54, 1.807) is 18.7 Å². The Bertz CT molecular complexity index is 380. The van der Waals surface area contributed by atoms with Gasteiger partial charge in [0.15, 0.2) is 0 Å². The van der Waals surface area contributed by atoms with Crippen LogP contribution in [0, 0.1) is 0 Å². The maximum Gasteiger partial charge on any atom is 0.409 e. The molecule has 0 unspecified atom stereocenters. The highest BCUT2D eigenvalue weighted by Gasteiger charge is 2.25. The van der Waals surface area contributed by atoms with Gasteiger partial charge in [-0.05, 0) is 26.2 Å². The molecule has 1 aliphatic heterocycles. The number of nitrogens with zero attached hydrogens (tertiary/aromatic N) is 1. The fourth-order valence-electron chi connectivity index (χ4n) is 2.14. The Morgan fingerprint density at radius 3 is 2.38 bits per heavy atom. The number of urea groups is 1. The third-order valence-electron chi connectivity index (χ3n) is 3.37. The van der Waals surface area contributed by atoms with Crippen molar-refractivity contribution in [1.82, 2.24) is 15.5 Å². The Labute approximate surface area is 123 Å². The summed E-state index contributed by atoms with van der Waals surface area (Å²) in [4.78, 5) is 35.7. The zero-order valence-corrected chi connectivity index (χ0v) is 12.4. The van der Waals surface area contributed by atoms with Gasteiger partial charge in [0.1, 0.15) is 6.04 Å². The molecule has 1 aliphatic rings. The minimum absolute atomic E-state index is 0.0676. The van der Waals surface area contributed by atoms with Crippen molar-refractivity contribution >= 4 is 18.1 Å². The number of hydrogen-bond acceptors (Lipinski definition) is 4. The Hall–Kier alpha value is -1.99. The number of piperidine rings is 1. The van der Waals surface area contributed by atoms with Gasteiger partial charge in [0.05, 0.1) is 6.61 Å². The van der Waals surface area contributed by atoms with E-state index in [1.165, 1.54) is 0 Å². The first-order valence-corrected chi connectivity index (χ1v) is 7.19. The van der Waals surface area contributed by atoms with E-state index >= 15 is 0 Å². The van der Waals surface area contributed by atoms with Gasteiger partial charge >= 0.3 is 18.1 Å². The quantitative estimate of drug-likeness (QED) is 0.695. The molecule has 0 spiro atoms. The van der Waals surface area contributed by atoms with Crippen LogP contribution in [0.5, 0.6) is 0 Å². The standard InChI is InChI=1S/C13H23N3O5/c1-3-10(11(17)18)15-12(19)14-9-5-7-16(8-6-9)13(20)21-4-2/h9-10H,3-8H2,1-2H3,(H,17,18)(H2,14,15,19)/t10-/m1/s1. The molecule has 21 heavy (non-hydrogen) atoms. The molecular weight excluding hydrogens is 278 g/mol. The second-order valence-corrected chi connectivity index (χ2v) is 4.88. The summed E-state index contributed by atoms with van der Waals surface area (Å²) in [6, 6.07) is -1.44. The normalized spacial score (nSPS) is 17.0. The second kappa shape index (κ2) is 8.33. The van der Waals surface area contributed by atoms with Crippen molar-refractivity contribution < 1.29 is 24.2 Å². The molecule has 8 nitrogen and oxygen atoms in total. The number of ether oxygens (including phenoxy) is 1. The van der Waals surface area contributed by atoms with Crippen LogP contribution in [0.25, 0.3) is 0 Å². The van der Waals surface area contributed by atoms with Gasteiger partial charge in [0.2, 0.25) is 0 Å². The third kappa shape index (κ3) is 5.49.